The van der Waals surface area contributed by atoms with Crippen LogP contribution in [0.3, 0.4) is 0 Å². The Morgan fingerprint density at radius 3 is 2.53 bits per heavy atom. The fourth-order valence-electron chi connectivity index (χ4n) is 1.78. The monoisotopic (exact) mass is 265 g/mol. The van der Waals surface area contributed by atoms with E-state index in [9.17, 15) is 4.79 Å². The molecule has 0 spiro atoms. The van der Waals surface area contributed by atoms with Crippen LogP contribution in [0.4, 0.5) is 0 Å². The summed E-state index contributed by atoms with van der Waals surface area (Å²) in [6.45, 7) is 11.5. The van der Waals surface area contributed by atoms with E-state index in [1.54, 1.807) is 0 Å². The van der Waals surface area contributed by atoms with Crippen molar-refractivity contribution in [1.29, 1.82) is 0 Å². The fraction of sp³-hybridized carbons (Fsp3) is 0.667. The van der Waals surface area contributed by atoms with Crippen molar-refractivity contribution in [2.24, 2.45) is 11.8 Å². The first-order valence-electron chi connectivity index (χ1n) is 7.10. The first-order valence-corrected chi connectivity index (χ1v) is 7.10. The molecule has 1 amide bonds. The number of hydrogen-bond acceptors (Lipinski definition) is 2. The Balaban J connectivity index is 2.41. The van der Waals surface area contributed by atoms with E-state index in [0.717, 1.165) is 25.3 Å². The Morgan fingerprint density at radius 2 is 1.89 bits per heavy atom. The van der Waals surface area contributed by atoms with Crippen LogP contribution in [-0.4, -0.2) is 23.6 Å². The minimum absolute atomic E-state index is 0.0787. The van der Waals surface area contributed by atoms with Crippen molar-refractivity contribution < 1.29 is 4.79 Å². The molecule has 0 aliphatic carbocycles. The second-order valence-electron chi connectivity index (χ2n) is 5.85. The summed E-state index contributed by atoms with van der Waals surface area (Å²) in [5, 5.41) is 6.34. The van der Waals surface area contributed by atoms with Gasteiger partial charge in [0.15, 0.2) is 0 Å². The molecule has 0 saturated heterocycles. The van der Waals surface area contributed by atoms with Crippen molar-refractivity contribution in [3.05, 3.63) is 24.0 Å². The van der Waals surface area contributed by atoms with Crippen LogP contribution in [0.1, 0.15) is 33.4 Å². The third-order valence-corrected chi connectivity index (χ3v) is 2.80. The van der Waals surface area contributed by atoms with E-state index < -0.39 is 0 Å². The molecule has 0 bridgehead atoms. The standard InChI is InChI=1S/C15H27N3O/c1-12(2)8-16-10-14-6-5-7-18(14)11-15(19)17-9-13(3)4/h5-7,12-13,16H,8-11H2,1-4H3,(H,17,19). The Hall–Kier alpha value is -1.29. The molecule has 1 rings (SSSR count). The smallest absolute Gasteiger partial charge is 0.239 e. The lowest BCUT2D eigenvalue weighted by atomic mass is 10.2. The van der Waals surface area contributed by atoms with Gasteiger partial charge in [0.05, 0.1) is 0 Å². The molecule has 0 saturated carbocycles. The minimum atomic E-state index is 0.0787. The number of rotatable bonds is 8. The van der Waals surface area contributed by atoms with Gasteiger partial charge in [-0.3, -0.25) is 4.79 Å². The normalized spacial score (nSPS) is 11.3. The molecule has 0 aliphatic rings. The molecule has 4 nitrogen and oxygen atoms in total. The summed E-state index contributed by atoms with van der Waals surface area (Å²) in [5.74, 6) is 1.20. The van der Waals surface area contributed by atoms with E-state index >= 15 is 0 Å². The maximum Gasteiger partial charge on any atom is 0.239 e. The van der Waals surface area contributed by atoms with Crippen molar-refractivity contribution in [1.82, 2.24) is 15.2 Å². The van der Waals surface area contributed by atoms with Crippen LogP contribution in [0.5, 0.6) is 0 Å². The molecule has 2 N–H and O–H groups in total. The number of aromatic nitrogens is 1. The predicted molar refractivity (Wildman–Crippen MR) is 78.8 cm³/mol. The lowest BCUT2D eigenvalue weighted by Gasteiger charge is -2.12. The van der Waals surface area contributed by atoms with E-state index in [0.29, 0.717) is 18.4 Å². The van der Waals surface area contributed by atoms with Crippen LogP contribution in [0.15, 0.2) is 18.3 Å². The third kappa shape index (κ3) is 6.43. The van der Waals surface area contributed by atoms with Gasteiger partial charge in [-0.05, 0) is 30.5 Å². The highest BCUT2D eigenvalue weighted by Gasteiger charge is 2.06. The zero-order valence-corrected chi connectivity index (χ0v) is 12.6. The van der Waals surface area contributed by atoms with Gasteiger partial charge < -0.3 is 15.2 Å². The summed E-state index contributed by atoms with van der Waals surface area (Å²) < 4.78 is 2.00. The number of nitrogens with zero attached hydrogens (tertiary/aromatic N) is 1. The number of carbonyl (C=O) groups is 1. The third-order valence-electron chi connectivity index (χ3n) is 2.80. The van der Waals surface area contributed by atoms with E-state index in [1.165, 1.54) is 0 Å². The summed E-state index contributed by atoms with van der Waals surface area (Å²) in [5.41, 5.74) is 1.15. The second kappa shape index (κ2) is 8.00. The highest BCUT2D eigenvalue weighted by atomic mass is 16.1. The molecule has 0 atom stereocenters. The molecular weight excluding hydrogens is 238 g/mol. The summed E-state index contributed by atoms with van der Waals surface area (Å²) in [7, 11) is 0. The molecule has 1 heterocycles. The van der Waals surface area contributed by atoms with Crippen molar-refractivity contribution in [2.75, 3.05) is 13.1 Å². The van der Waals surface area contributed by atoms with Crippen molar-refractivity contribution in [3.63, 3.8) is 0 Å². The topological polar surface area (TPSA) is 46.1 Å². The zero-order valence-electron chi connectivity index (χ0n) is 12.6. The van der Waals surface area contributed by atoms with E-state index in [-0.39, 0.29) is 5.91 Å². The lowest BCUT2D eigenvalue weighted by molar-refractivity contribution is -0.121. The van der Waals surface area contributed by atoms with E-state index in [4.69, 9.17) is 0 Å². The lowest BCUT2D eigenvalue weighted by Crippen LogP contribution is -2.31. The van der Waals surface area contributed by atoms with Crippen LogP contribution in [0.25, 0.3) is 0 Å². The molecule has 1 aromatic heterocycles. The SMILES string of the molecule is CC(C)CNCc1cccn1CC(=O)NCC(C)C. The molecule has 0 radical (unpaired) electrons. The predicted octanol–water partition coefficient (Wildman–Crippen LogP) is 2.01. The number of nitrogens with one attached hydrogen (secondary N) is 2. The maximum atomic E-state index is 11.8. The van der Waals surface area contributed by atoms with Gasteiger partial charge in [0.25, 0.3) is 0 Å². The first-order chi connectivity index (χ1) is 8.99. The number of hydrogen-bond donors (Lipinski definition) is 2. The van der Waals surface area contributed by atoms with Crippen LogP contribution in [0, 0.1) is 11.8 Å². The molecule has 0 aromatic carbocycles. The van der Waals surface area contributed by atoms with Gasteiger partial charge in [-0.2, -0.15) is 0 Å². The summed E-state index contributed by atoms with van der Waals surface area (Å²) >= 11 is 0. The van der Waals surface area contributed by atoms with Crippen LogP contribution in [-0.2, 0) is 17.9 Å². The van der Waals surface area contributed by atoms with Crippen molar-refractivity contribution in [2.45, 2.75) is 40.8 Å². The van der Waals surface area contributed by atoms with Crippen molar-refractivity contribution >= 4 is 5.91 Å². The van der Waals surface area contributed by atoms with Crippen molar-refractivity contribution in [3.8, 4) is 0 Å². The molecular formula is C15H27N3O. The molecule has 19 heavy (non-hydrogen) atoms. The zero-order chi connectivity index (χ0) is 14.3. The number of carbonyl (C=O) groups excluding carboxylic acids is 1. The Kier molecular flexibility index (Phi) is 6.64. The quantitative estimate of drug-likeness (QED) is 0.755. The average Bonchev–Trinajstić information content (AvgIpc) is 2.74. The maximum absolute atomic E-state index is 11.8. The van der Waals surface area contributed by atoms with Gasteiger partial charge in [0.1, 0.15) is 6.54 Å². The van der Waals surface area contributed by atoms with Crippen LogP contribution in [0.2, 0.25) is 0 Å². The highest BCUT2D eigenvalue weighted by Crippen LogP contribution is 2.02. The highest BCUT2D eigenvalue weighted by molar-refractivity contribution is 5.75. The average molecular weight is 265 g/mol. The van der Waals surface area contributed by atoms with Crippen LogP contribution < -0.4 is 10.6 Å². The van der Waals surface area contributed by atoms with E-state index in [1.807, 2.05) is 16.8 Å². The Labute approximate surface area is 116 Å². The molecule has 0 aliphatic heterocycles. The molecule has 0 unspecified atom stereocenters. The Morgan fingerprint density at radius 1 is 1.21 bits per heavy atom. The summed E-state index contributed by atoms with van der Waals surface area (Å²) in [6, 6.07) is 4.05. The Bertz CT molecular complexity index is 382. The molecule has 1 aromatic rings. The van der Waals surface area contributed by atoms with Gasteiger partial charge in [-0.1, -0.05) is 27.7 Å². The summed E-state index contributed by atoms with van der Waals surface area (Å²) in [6.07, 6.45) is 1.96. The largest absolute Gasteiger partial charge is 0.354 e. The first kappa shape index (κ1) is 15.8. The second-order valence-corrected chi connectivity index (χ2v) is 5.85. The fourth-order valence-corrected chi connectivity index (χ4v) is 1.78. The molecule has 108 valence electrons. The van der Waals surface area contributed by atoms with Gasteiger partial charge in [0.2, 0.25) is 5.91 Å². The molecule has 0 fully saturated rings. The van der Waals surface area contributed by atoms with Gasteiger partial charge in [-0.15, -0.1) is 0 Å². The van der Waals surface area contributed by atoms with Crippen LogP contribution >= 0.6 is 0 Å². The summed E-state index contributed by atoms with van der Waals surface area (Å²) in [4.78, 5) is 11.8. The molecule has 4 heteroatoms. The van der Waals surface area contributed by atoms with Gasteiger partial charge in [-0.25, -0.2) is 0 Å². The minimum Gasteiger partial charge on any atom is -0.354 e. The van der Waals surface area contributed by atoms with Gasteiger partial charge >= 0.3 is 0 Å². The van der Waals surface area contributed by atoms with Gasteiger partial charge in [0, 0.05) is 25.0 Å². The van der Waals surface area contributed by atoms with E-state index in [2.05, 4.69) is 44.4 Å². The number of amides is 1.